The number of carbonyl (C=O) groups excluding carboxylic acids is 2. The molecule has 0 bridgehead atoms. The molecule has 2 amide bonds. The van der Waals surface area contributed by atoms with E-state index in [2.05, 4.69) is 10.3 Å². The third-order valence-corrected chi connectivity index (χ3v) is 6.54. The van der Waals surface area contributed by atoms with E-state index in [-0.39, 0.29) is 37.3 Å². The van der Waals surface area contributed by atoms with E-state index in [0.29, 0.717) is 12.1 Å². The Morgan fingerprint density at radius 2 is 1.78 bits per heavy atom. The minimum Gasteiger partial charge on any atom is -0.350 e. The zero-order chi connectivity index (χ0) is 27.7. The maximum Gasteiger partial charge on any atom is 0.449 e. The van der Waals surface area contributed by atoms with E-state index in [1.807, 2.05) is 0 Å². The number of nitrogens with one attached hydrogen (secondary N) is 1. The molecule has 204 valence electrons. The Kier molecular flexibility index (Phi) is 8.21. The quantitative estimate of drug-likeness (QED) is 0.375. The van der Waals surface area contributed by atoms with Gasteiger partial charge in [-0.15, -0.1) is 0 Å². The molecular formula is C21H23F6N5O4S. The predicted molar refractivity (Wildman–Crippen MR) is 117 cm³/mol. The standard InChI is InChI=1S/C21H23F6N5O4S/c1-37(35,36)5-2-29-19(34)18-16-10-31(3-4-32(16)20(30-18)21(25,26)27)17(33)8-12(28)6-11-7-14(23)15(24)9-13(11)22/h7,9,12H,2-6,8,10,28H2,1H3,(H,29,34). The fourth-order valence-corrected chi connectivity index (χ4v) is 4.31. The van der Waals surface area contributed by atoms with Crippen molar-refractivity contribution in [3.63, 3.8) is 0 Å². The number of amides is 2. The summed E-state index contributed by atoms with van der Waals surface area (Å²) in [5.41, 5.74) is 4.82. The SMILES string of the molecule is CS(=O)(=O)CCNC(=O)c1nc(C(F)(F)F)n2c1CN(C(=O)CC(N)Cc1cc(F)c(F)cc1F)CC2. The first-order valence-corrected chi connectivity index (χ1v) is 12.9. The van der Waals surface area contributed by atoms with Crippen LogP contribution in [0.3, 0.4) is 0 Å². The van der Waals surface area contributed by atoms with Crippen LogP contribution < -0.4 is 11.1 Å². The van der Waals surface area contributed by atoms with Crippen LogP contribution in [0.5, 0.6) is 0 Å². The van der Waals surface area contributed by atoms with Gasteiger partial charge in [-0.3, -0.25) is 9.59 Å². The Balaban J connectivity index is 1.75. The molecule has 1 aromatic heterocycles. The maximum atomic E-state index is 13.9. The van der Waals surface area contributed by atoms with Crippen LogP contribution >= 0.6 is 0 Å². The monoisotopic (exact) mass is 555 g/mol. The smallest absolute Gasteiger partial charge is 0.350 e. The first kappa shape index (κ1) is 28.4. The summed E-state index contributed by atoms with van der Waals surface area (Å²) < 4.78 is 104. The molecule has 0 radical (unpaired) electrons. The number of alkyl halides is 3. The highest BCUT2D eigenvalue weighted by Gasteiger charge is 2.41. The Bertz CT molecular complexity index is 1310. The second kappa shape index (κ2) is 10.7. The molecule has 3 rings (SSSR count). The van der Waals surface area contributed by atoms with Crippen LogP contribution in [0.4, 0.5) is 26.3 Å². The second-order valence-electron chi connectivity index (χ2n) is 8.61. The van der Waals surface area contributed by atoms with Gasteiger partial charge < -0.3 is 20.5 Å². The molecule has 1 aromatic carbocycles. The van der Waals surface area contributed by atoms with Gasteiger partial charge in [0.15, 0.2) is 17.3 Å². The fourth-order valence-electron chi connectivity index (χ4n) is 3.84. The van der Waals surface area contributed by atoms with Gasteiger partial charge in [0.2, 0.25) is 11.7 Å². The molecule has 0 fully saturated rings. The predicted octanol–water partition coefficient (Wildman–Crippen LogP) is 1.40. The van der Waals surface area contributed by atoms with Gasteiger partial charge in [0.1, 0.15) is 15.7 Å². The number of imidazole rings is 1. The molecule has 1 aliphatic rings. The molecule has 2 aromatic rings. The molecule has 0 aliphatic carbocycles. The molecule has 0 spiro atoms. The van der Waals surface area contributed by atoms with E-state index in [9.17, 15) is 44.3 Å². The van der Waals surface area contributed by atoms with Gasteiger partial charge >= 0.3 is 6.18 Å². The average molecular weight is 556 g/mol. The number of hydrogen-bond donors (Lipinski definition) is 2. The molecule has 0 saturated carbocycles. The summed E-state index contributed by atoms with van der Waals surface area (Å²) in [5, 5.41) is 2.21. The van der Waals surface area contributed by atoms with Crippen molar-refractivity contribution < 1.29 is 44.3 Å². The minimum absolute atomic E-state index is 0.174. The number of nitrogens with zero attached hydrogens (tertiary/aromatic N) is 3. The van der Waals surface area contributed by atoms with Gasteiger partial charge in [-0.05, 0) is 18.1 Å². The van der Waals surface area contributed by atoms with Gasteiger partial charge in [-0.25, -0.2) is 26.6 Å². The molecule has 37 heavy (non-hydrogen) atoms. The average Bonchev–Trinajstić information content (AvgIpc) is 3.16. The van der Waals surface area contributed by atoms with Crippen molar-refractivity contribution in [3.8, 4) is 0 Å². The first-order chi connectivity index (χ1) is 17.1. The van der Waals surface area contributed by atoms with E-state index in [0.717, 1.165) is 15.7 Å². The van der Waals surface area contributed by atoms with Crippen LogP contribution in [0.15, 0.2) is 12.1 Å². The summed E-state index contributed by atoms with van der Waals surface area (Å²) in [6.07, 6.45) is -4.68. The molecule has 16 heteroatoms. The largest absolute Gasteiger partial charge is 0.449 e. The third-order valence-electron chi connectivity index (χ3n) is 5.59. The normalized spacial score (nSPS) is 14.9. The molecule has 2 heterocycles. The minimum atomic E-state index is -4.90. The number of halogens is 6. The molecular weight excluding hydrogens is 532 g/mol. The molecule has 1 atom stereocenters. The van der Waals surface area contributed by atoms with Gasteiger partial charge in [0.25, 0.3) is 5.91 Å². The van der Waals surface area contributed by atoms with E-state index >= 15 is 0 Å². The second-order valence-corrected chi connectivity index (χ2v) is 10.9. The first-order valence-electron chi connectivity index (χ1n) is 10.9. The van der Waals surface area contributed by atoms with Crippen LogP contribution in [-0.2, 0) is 40.3 Å². The van der Waals surface area contributed by atoms with Crippen molar-refractivity contribution in [2.24, 2.45) is 5.73 Å². The number of rotatable bonds is 8. The number of hydrogen-bond acceptors (Lipinski definition) is 6. The van der Waals surface area contributed by atoms with Crippen molar-refractivity contribution in [1.82, 2.24) is 19.8 Å². The van der Waals surface area contributed by atoms with Crippen LogP contribution in [0, 0.1) is 17.5 Å². The summed E-state index contributed by atoms with van der Waals surface area (Å²) in [6, 6.07) is -0.0451. The van der Waals surface area contributed by atoms with E-state index in [1.54, 1.807) is 0 Å². The number of nitrogens with two attached hydrogens (primary N) is 1. The molecule has 1 aliphatic heterocycles. The van der Waals surface area contributed by atoms with Gasteiger partial charge in [0.05, 0.1) is 18.0 Å². The summed E-state index contributed by atoms with van der Waals surface area (Å²) in [4.78, 5) is 29.9. The van der Waals surface area contributed by atoms with Gasteiger partial charge in [-0.1, -0.05) is 0 Å². The lowest BCUT2D eigenvalue weighted by Crippen LogP contribution is -2.42. The van der Waals surface area contributed by atoms with Crippen LogP contribution in [0.25, 0.3) is 0 Å². The summed E-state index contributed by atoms with van der Waals surface area (Å²) in [5.74, 6) is -7.17. The highest BCUT2D eigenvalue weighted by molar-refractivity contribution is 7.90. The summed E-state index contributed by atoms with van der Waals surface area (Å²) in [7, 11) is -3.45. The topological polar surface area (TPSA) is 127 Å². The zero-order valence-electron chi connectivity index (χ0n) is 19.4. The number of sulfone groups is 1. The molecule has 1 unspecified atom stereocenters. The Morgan fingerprint density at radius 1 is 1.14 bits per heavy atom. The van der Waals surface area contributed by atoms with Crippen molar-refractivity contribution >= 4 is 21.7 Å². The summed E-state index contributed by atoms with van der Waals surface area (Å²) in [6.45, 7) is -1.30. The third kappa shape index (κ3) is 7.00. The summed E-state index contributed by atoms with van der Waals surface area (Å²) >= 11 is 0. The van der Waals surface area contributed by atoms with Crippen molar-refractivity contribution in [2.45, 2.75) is 38.1 Å². The maximum absolute atomic E-state index is 13.9. The lowest BCUT2D eigenvalue weighted by Gasteiger charge is -2.30. The number of fused-ring (bicyclic) bond motifs is 1. The Labute approximate surface area is 207 Å². The Morgan fingerprint density at radius 3 is 2.41 bits per heavy atom. The van der Waals surface area contributed by atoms with E-state index in [1.165, 1.54) is 0 Å². The fraction of sp³-hybridized carbons (Fsp3) is 0.476. The van der Waals surface area contributed by atoms with E-state index in [4.69, 9.17) is 5.73 Å². The zero-order valence-corrected chi connectivity index (χ0v) is 20.2. The molecule has 0 saturated heterocycles. The molecule has 9 nitrogen and oxygen atoms in total. The van der Waals surface area contributed by atoms with Crippen molar-refractivity contribution in [1.29, 1.82) is 0 Å². The highest BCUT2D eigenvalue weighted by atomic mass is 32.2. The van der Waals surface area contributed by atoms with Crippen LogP contribution in [0.2, 0.25) is 0 Å². The van der Waals surface area contributed by atoms with Gasteiger partial charge in [-0.2, -0.15) is 13.2 Å². The van der Waals surface area contributed by atoms with Crippen LogP contribution in [-0.4, -0.2) is 65.8 Å². The van der Waals surface area contributed by atoms with Crippen molar-refractivity contribution in [2.75, 3.05) is 25.1 Å². The van der Waals surface area contributed by atoms with Gasteiger partial charge in [0, 0.05) is 44.4 Å². The Hall–Kier alpha value is -3.14. The molecule has 3 N–H and O–H groups in total. The number of benzene rings is 1. The van der Waals surface area contributed by atoms with Crippen molar-refractivity contribution in [3.05, 3.63) is 52.4 Å². The lowest BCUT2D eigenvalue weighted by atomic mass is 10.0. The number of aromatic nitrogens is 2. The van der Waals surface area contributed by atoms with Crippen LogP contribution in [0.1, 0.15) is 34.0 Å². The number of carbonyl (C=O) groups is 2. The van der Waals surface area contributed by atoms with E-state index < -0.39 is 81.6 Å². The highest BCUT2D eigenvalue weighted by Crippen LogP contribution is 2.32. The lowest BCUT2D eigenvalue weighted by molar-refractivity contribution is -0.148.